The molecular formula is C13H14O4. The first-order chi connectivity index (χ1) is 8.24. The lowest BCUT2D eigenvalue weighted by atomic mass is 10.2. The molecule has 2 aromatic rings. The fraction of sp³-hybridized carbons (Fsp3) is 0.308. The first-order valence-electron chi connectivity index (χ1n) is 5.50. The number of furan rings is 1. The number of carbonyl (C=O) groups excluding carboxylic acids is 1. The summed E-state index contributed by atoms with van der Waals surface area (Å²) in [5.74, 6) is 0.891. The number of rotatable bonds is 4. The molecule has 0 saturated heterocycles. The van der Waals surface area contributed by atoms with E-state index in [1.54, 1.807) is 25.3 Å². The highest BCUT2D eigenvalue weighted by Crippen LogP contribution is 2.31. The van der Waals surface area contributed by atoms with Gasteiger partial charge in [-0.05, 0) is 24.6 Å². The molecule has 0 aliphatic carbocycles. The van der Waals surface area contributed by atoms with Gasteiger partial charge >= 0.3 is 5.97 Å². The van der Waals surface area contributed by atoms with Gasteiger partial charge in [-0.1, -0.05) is 6.92 Å². The summed E-state index contributed by atoms with van der Waals surface area (Å²) in [5, 5.41) is 0.744. The Bertz CT molecular complexity index is 527. The number of hydrogen-bond acceptors (Lipinski definition) is 4. The van der Waals surface area contributed by atoms with Gasteiger partial charge in [0.05, 0.1) is 12.5 Å². The standard InChI is InChI=1S/C13H14O4/c1-3-4-13(14)17-12-8-16-11-6-5-9(15-2)7-10(11)12/h5-8H,3-4H2,1-2H3. The van der Waals surface area contributed by atoms with Crippen molar-refractivity contribution in [3.05, 3.63) is 24.5 Å². The molecule has 0 N–H and O–H groups in total. The first kappa shape index (κ1) is 11.5. The van der Waals surface area contributed by atoms with E-state index in [1.807, 2.05) is 6.92 Å². The van der Waals surface area contributed by atoms with E-state index in [2.05, 4.69) is 0 Å². The third kappa shape index (κ3) is 2.41. The molecule has 0 unspecified atom stereocenters. The van der Waals surface area contributed by atoms with Gasteiger partial charge in [0.15, 0.2) is 5.75 Å². The Kier molecular flexibility index (Phi) is 3.32. The van der Waals surface area contributed by atoms with Crippen LogP contribution in [-0.4, -0.2) is 13.1 Å². The zero-order valence-electron chi connectivity index (χ0n) is 9.86. The van der Waals surface area contributed by atoms with E-state index in [9.17, 15) is 4.79 Å². The molecule has 0 radical (unpaired) electrons. The number of benzene rings is 1. The number of esters is 1. The van der Waals surface area contributed by atoms with Crippen molar-refractivity contribution in [2.45, 2.75) is 19.8 Å². The molecule has 90 valence electrons. The van der Waals surface area contributed by atoms with Crippen LogP contribution in [0.3, 0.4) is 0 Å². The first-order valence-corrected chi connectivity index (χ1v) is 5.50. The molecule has 17 heavy (non-hydrogen) atoms. The second-order valence-electron chi connectivity index (χ2n) is 3.69. The molecule has 1 aromatic heterocycles. The van der Waals surface area contributed by atoms with Crippen molar-refractivity contribution in [3.8, 4) is 11.5 Å². The molecular weight excluding hydrogens is 220 g/mol. The molecule has 4 nitrogen and oxygen atoms in total. The SMILES string of the molecule is CCCC(=O)Oc1coc2ccc(OC)cc12. The Morgan fingerprint density at radius 1 is 1.41 bits per heavy atom. The van der Waals surface area contributed by atoms with Crippen LogP contribution in [0.1, 0.15) is 19.8 Å². The van der Waals surface area contributed by atoms with Gasteiger partial charge in [-0.25, -0.2) is 0 Å². The Balaban J connectivity index is 2.30. The molecule has 0 aliphatic rings. The second-order valence-corrected chi connectivity index (χ2v) is 3.69. The third-order valence-corrected chi connectivity index (χ3v) is 2.42. The minimum absolute atomic E-state index is 0.252. The highest BCUT2D eigenvalue weighted by molar-refractivity contribution is 5.88. The largest absolute Gasteiger partial charge is 0.497 e. The van der Waals surface area contributed by atoms with Gasteiger partial charge in [0, 0.05) is 6.42 Å². The molecule has 0 amide bonds. The van der Waals surface area contributed by atoms with Crippen molar-refractivity contribution in [1.29, 1.82) is 0 Å². The maximum absolute atomic E-state index is 11.4. The van der Waals surface area contributed by atoms with Crippen molar-refractivity contribution >= 4 is 16.9 Å². The average molecular weight is 234 g/mol. The van der Waals surface area contributed by atoms with E-state index in [-0.39, 0.29) is 5.97 Å². The molecule has 0 spiro atoms. The smallest absolute Gasteiger partial charge is 0.311 e. The van der Waals surface area contributed by atoms with E-state index < -0.39 is 0 Å². The fourth-order valence-corrected chi connectivity index (χ4v) is 1.57. The summed E-state index contributed by atoms with van der Waals surface area (Å²) >= 11 is 0. The number of carbonyl (C=O) groups is 1. The summed E-state index contributed by atoms with van der Waals surface area (Å²) < 4.78 is 15.6. The van der Waals surface area contributed by atoms with Crippen LogP contribution in [0, 0.1) is 0 Å². The van der Waals surface area contributed by atoms with Crippen molar-refractivity contribution < 1.29 is 18.7 Å². The molecule has 1 heterocycles. The maximum Gasteiger partial charge on any atom is 0.311 e. The predicted octanol–water partition coefficient (Wildman–Crippen LogP) is 3.15. The van der Waals surface area contributed by atoms with Crippen LogP contribution in [0.25, 0.3) is 11.0 Å². The Morgan fingerprint density at radius 2 is 2.24 bits per heavy atom. The van der Waals surface area contributed by atoms with Gasteiger partial charge in [-0.2, -0.15) is 0 Å². The highest BCUT2D eigenvalue weighted by Gasteiger charge is 2.11. The lowest BCUT2D eigenvalue weighted by molar-refractivity contribution is -0.134. The lowest BCUT2D eigenvalue weighted by Gasteiger charge is -2.01. The van der Waals surface area contributed by atoms with Crippen LogP contribution in [-0.2, 0) is 4.79 Å². The van der Waals surface area contributed by atoms with Gasteiger partial charge in [-0.3, -0.25) is 4.79 Å². The molecule has 0 fully saturated rings. The zero-order chi connectivity index (χ0) is 12.3. The quantitative estimate of drug-likeness (QED) is 0.762. The molecule has 4 heteroatoms. The van der Waals surface area contributed by atoms with Gasteiger partial charge in [-0.15, -0.1) is 0 Å². The summed E-state index contributed by atoms with van der Waals surface area (Å²) in [7, 11) is 1.59. The van der Waals surface area contributed by atoms with Gasteiger partial charge < -0.3 is 13.9 Å². The zero-order valence-corrected chi connectivity index (χ0v) is 9.86. The Hall–Kier alpha value is -1.97. The minimum atomic E-state index is -0.252. The van der Waals surface area contributed by atoms with Crippen molar-refractivity contribution in [1.82, 2.24) is 0 Å². The maximum atomic E-state index is 11.4. The van der Waals surface area contributed by atoms with E-state index >= 15 is 0 Å². The number of hydrogen-bond donors (Lipinski definition) is 0. The number of ether oxygens (including phenoxy) is 2. The summed E-state index contributed by atoms with van der Waals surface area (Å²) in [6, 6.07) is 5.36. The minimum Gasteiger partial charge on any atom is -0.497 e. The average Bonchev–Trinajstić information content (AvgIpc) is 2.72. The Morgan fingerprint density at radius 3 is 2.94 bits per heavy atom. The van der Waals surface area contributed by atoms with E-state index in [1.165, 1.54) is 6.26 Å². The van der Waals surface area contributed by atoms with Crippen LogP contribution in [0.4, 0.5) is 0 Å². The molecule has 1 aromatic carbocycles. The summed E-state index contributed by atoms with van der Waals surface area (Å²) in [6.45, 7) is 1.93. The van der Waals surface area contributed by atoms with Crippen LogP contribution >= 0.6 is 0 Å². The molecule has 0 saturated carbocycles. The van der Waals surface area contributed by atoms with Crippen LogP contribution in [0.15, 0.2) is 28.9 Å². The highest BCUT2D eigenvalue weighted by atomic mass is 16.5. The van der Waals surface area contributed by atoms with Crippen LogP contribution in [0.2, 0.25) is 0 Å². The predicted molar refractivity (Wildman–Crippen MR) is 63.3 cm³/mol. The normalized spacial score (nSPS) is 10.5. The molecule has 0 bridgehead atoms. The van der Waals surface area contributed by atoms with Gasteiger partial charge in [0.1, 0.15) is 17.6 Å². The van der Waals surface area contributed by atoms with E-state index in [0.717, 1.165) is 11.8 Å². The Labute approximate surface area is 99.1 Å². The van der Waals surface area contributed by atoms with E-state index in [4.69, 9.17) is 13.9 Å². The van der Waals surface area contributed by atoms with Crippen LogP contribution in [0.5, 0.6) is 11.5 Å². The number of methoxy groups -OCH3 is 1. The molecule has 0 atom stereocenters. The summed E-state index contributed by atoms with van der Waals surface area (Å²) in [4.78, 5) is 11.4. The van der Waals surface area contributed by atoms with Gasteiger partial charge in [0.2, 0.25) is 0 Å². The van der Waals surface area contributed by atoms with Crippen molar-refractivity contribution in [2.24, 2.45) is 0 Å². The molecule has 0 aliphatic heterocycles. The van der Waals surface area contributed by atoms with Crippen molar-refractivity contribution in [2.75, 3.05) is 7.11 Å². The fourth-order valence-electron chi connectivity index (χ4n) is 1.57. The number of fused-ring (bicyclic) bond motifs is 1. The van der Waals surface area contributed by atoms with Crippen molar-refractivity contribution in [3.63, 3.8) is 0 Å². The topological polar surface area (TPSA) is 48.7 Å². The monoisotopic (exact) mass is 234 g/mol. The summed E-state index contributed by atoms with van der Waals surface area (Å²) in [6.07, 6.45) is 2.60. The lowest BCUT2D eigenvalue weighted by Crippen LogP contribution is -2.06. The summed E-state index contributed by atoms with van der Waals surface area (Å²) in [5.41, 5.74) is 0.671. The third-order valence-electron chi connectivity index (χ3n) is 2.42. The second kappa shape index (κ2) is 4.91. The van der Waals surface area contributed by atoms with Crippen LogP contribution < -0.4 is 9.47 Å². The van der Waals surface area contributed by atoms with Gasteiger partial charge in [0.25, 0.3) is 0 Å². The van der Waals surface area contributed by atoms with E-state index in [0.29, 0.717) is 23.5 Å². The molecule has 2 rings (SSSR count).